The summed E-state index contributed by atoms with van der Waals surface area (Å²) in [7, 11) is 3.15. The number of carbonyl (C=O) groups excluding carboxylic acids is 1. The topological polar surface area (TPSA) is 63.4 Å². The molecule has 1 amide bonds. The Morgan fingerprint density at radius 3 is 2.53 bits per heavy atom. The molecule has 7 heteroatoms. The molecule has 0 aliphatic rings. The first kappa shape index (κ1) is 25.2. The Kier molecular flexibility index (Phi) is 7.88. The monoisotopic (exact) mass is 492 g/mol. The lowest BCUT2D eigenvalue weighted by atomic mass is 9.87. The van der Waals surface area contributed by atoms with Gasteiger partial charge in [-0.3, -0.25) is 4.79 Å². The highest BCUT2D eigenvalue weighted by atomic mass is 19.1. The Hall–Kier alpha value is -3.87. The molecule has 1 atom stereocenters. The van der Waals surface area contributed by atoms with Crippen molar-refractivity contribution in [3.63, 3.8) is 0 Å². The van der Waals surface area contributed by atoms with Crippen LogP contribution >= 0.6 is 0 Å². The van der Waals surface area contributed by atoms with Crippen molar-refractivity contribution in [1.82, 2.24) is 10.3 Å². The van der Waals surface area contributed by atoms with Gasteiger partial charge in [0.1, 0.15) is 11.6 Å². The van der Waals surface area contributed by atoms with E-state index in [-0.39, 0.29) is 17.9 Å². The third-order valence-electron chi connectivity index (χ3n) is 6.50. The molecule has 0 saturated heterocycles. The number of hydrogen-bond acceptors (Lipinski definition) is 3. The first-order valence-corrected chi connectivity index (χ1v) is 12.0. The van der Waals surface area contributed by atoms with E-state index in [1.807, 2.05) is 42.6 Å². The summed E-state index contributed by atoms with van der Waals surface area (Å²) < 4.78 is 39.2. The summed E-state index contributed by atoms with van der Waals surface area (Å²) in [6, 6.07) is 15.1. The van der Waals surface area contributed by atoms with Crippen LogP contribution in [-0.4, -0.2) is 31.7 Å². The van der Waals surface area contributed by atoms with Crippen molar-refractivity contribution in [1.29, 1.82) is 0 Å². The number of rotatable bonds is 10. The molecule has 0 bridgehead atoms. The zero-order valence-electron chi connectivity index (χ0n) is 20.7. The number of aromatic nitrogens is 1. The van der Waals surface area contributed by atoms with E-state index in [0.29, 0.717) is 24.5 Å². The molecule has 2 N–H and O–H groups in total. The standard InChI is InChI=1S/C29H30F2N2O3/c1-4-19-6-5-7-22-24(17-33-29(19)22)23(21-10-9-20(30)15-25(21)31)16-28(34)32-13-12-18-8-11-26(35-2)27(14-18)36-3/h5-11,14-15,17,23,33H,4,12-13,16H2,1-3H3,(H,32,34). The van der Waals surface area contributed by atoms with Crippen LogP contribution in [0.1, 0.15) is 41.5 Å². The van der Waals surface area contributed by atoms with Crippen LogP contribution in [0.3, 0.4) is 0 Å². The Balaban J connectivity index is 1.55. The minimum Gasteiger partial charge on any atom is -0.493 e. The van der Waals surface area contributed by atoms with Crippen molar-refractivity contribution in [2.75, 3.05) is 20.8 Å². The second-order valence-electron chi connectivity index (χ2n) is 8.65. The number of nitrogens with one attached hydrogen (secondary N) is 2. The fourth-order valence-corrected chi connectivity index (χ4v) is 4.63. The molecule has 4 aromatic rings. The van der Waals surface area contributed by atoms with Crippen molar-refractivity contribution in [3.8, 4) is 11.5 Å². The van der Waals surface area contributed by atoms with Gasteiger partial charge in [-0.1, -0.05) is 37.3 Å². The van der Waals surface area contributed by atoms with Crippen molar-refractivity contribution >= 4 is 16.8 Å². The maximum absolute atomic E-state index is 14.9. The van der Waals surface area contributed by atoms with Crippen molar-refractivity contribution < 1.29 is 23.0 Å². The fraction of sp³-hybridized carbons (Fsp3) is 0.276. The number of methoxy groups -OCH3 is 2. The maximum Gasteiger partial charge on any atom is 0.220 e. The zero-order chi connectivity index (χ0) is 25.7. The fourth-order valence-electron chi connectivity index (χ4n) is 4.63. The molecule has 0 aliphatic heterocycles. The molecule has 1 unspecified atom stereocenters. The van der Waals surface area contributed by atoms with E-state index in [1.54, 1.807) is 14.2 Å². The number of benzene rings is 3. The average molecular weight is 493 g/mol. The molecule has 0 saturated carbocycles. The van der Waals surface area contributed by atoms with E-state index in [2.05, 4.69) is 17.2 Å². The summed E-state index contributed by atoms with van der Waals surface area (Å²) in [4.78, 5) is 16.3. The van der Waals surface area contributed by atoms with Crippen molar-refractivity contribution in [2.24, 2.45) is 0 Å². The average Bonchev–Trinajstić information content (AvgIpc) is 3.31. The maximum atomic E-state index is 14.9. The summed E-state index contributed by atoms with van der Waals surface area (Å²) in [5.41, 5.74) is 4.18. The number of carbonyl (C=O) groups is 1. The van der Waals surface area contributed by atoms with Gasteiger partial charge in [0, 0.05) is 42.0 Å². The number of aryl methyl sites for hydroxylation is 1. The lowest BCUT2D eigenvalue weighted by molar-refractivity contribution is -0.121. The van der Waals surface area contributed by atoms with Gasteiger partial charge in [0.25, 0.3) is 0 Å². The molecule has 0 radical (unpaired) electrons. The Morgan fingerprint density at radius 2 is 1.81 bits per heavy atom. The van der Waals surface area contributed by atoms with Crippen molar-refractivity contribution in [2.45, 2.75) is 32.1 Å². The number of ether oxygens (including phenoxy) is 2. The Bertz CT molecular complexity index is 1370. The largest absolute Gasteiger partial charge is 0.493 e. The quantitative estimate of drug-likeness (QED) is 0.289. The normalized spacial score (nSPS) is 11.9. The highest BCUT2D eigenvalue weighted by Crippen LogP contribution is 2.36. The van der Waals surface area contributed by atoms with E-state index in [1.165, 1.54) is 12.1 Å². The van der Waals surface area contributed by atoms with Crippen LogP contribution < -0.4 is 14.8 Å². The molecular weight excluding hydrogens is 462 g/mol. The van der Waals surface area contributed by atoms with Gasteiger partial charge in [-0.05, 0) is 53.3 Å². The van der Waals surface area contributed by atoms with Crippen LogP contribution in [0.4, 0.5) is 8.78 Å². The molecule has 0 fully saturated rings. The van der Waals surface area contributed by atoms with E-state index in [9.17, 15) is 13.6 Å². The number of hydrogen-bond donors (Lipinski definition) is 2. The SMILES string of the molecule is CCc1cccc2c(C(CC(=O)NCCc3ccc(OC)c(OC)c3)c3ccc(F)cc3F)c[nH]c12. The summed E-state index contributed by atoms with van der Waals surface area (Å²) >= 11 is 0. The van der Waals surface area contributed by atoms with Crippen LogP contribution in [0.25, 0.3) is 10.9 Å². The molecule has 5 nitrogen and oxygen atoms in total. The van der Waals surface area contributed by atoms with Crippen molar-refractivity contribution in [3.05, 3.63) is 94.7 Å². The summed E-state index contributed by atoms with van der Waals surface area (Å²) in [5, 5.41) is 3.87. The number of halogens is 2. The first-order valence-electron chi connectivity index (χ1n) is 12.0. The number of H-pyrrole nitrogens is 1. The van der Waals surface area contributed by atoms with Gasteiger partial charge in [0.05, 0.1) is 14.2 Å². The third-order valence-corrected chi connectivity index (χ3v) is 6.50. The lowest BCUT2D eigenvalue weighted by Crippen LogP contribution is -2.27. The smallest absolute Gasteiger partial charge is 0.220 e. The molecule has 188 valence electrons. The van der Waals surface area contributed by atoms with Crippen LogP contribution in [0, 0.1) is 11.6 Å². The Labute approximate surface area is 209 Å². The number of amides is 1. The van der Waals surface area contributed by atoms with Gasteiger partial charge in [-0.15, -0.1) is 0 Å². The minimum absolute atomic E-state index is 0.0256. The highest BCUT2D eigenvalue weighted by Gasteiger charge is 2.25. The summed E-state index contributed by atoms with van der Waals surface area (Å²) in [5.74, 6) is -0.850. The first-order chi connectivity index (χ1) is 17.4. The molecule has 1 heterocycles. The predicted molar refractivity (Wildman–Crippen MR) is 137 cm³/mol. The van der Waals surface area contributed by atoms with E-state index < -0.39 is 17.6 Å². The van der Waals surface area contributed by atoms with E-state index in [4.69, 9.17) is 9.47 Å². The van der Waals surface area contributed by atoms with Gasteiger partial charge in [-0.2, -0.15) is 0 Å². The van der Waals surface area contributed by atoms with Crippen LogP contribution in [0.2, 0.25) is 0 Å². The molecule has 36 heavy (non-hydrogen) atoms. The molecule has 1 aromatic heterocycles. The molecular formula is C29H30F2N2O3. The molecule has 0 aliphatic carbocycles. The minimum atomic E-state index is -0.667. The van der Waals surface area contributed by atoms with Crippen LogP contribution in [-0.2, 0) is 17.6 Å². The zero-order valence-corrected chi connectivity index (χ0v) is 20.7. The van der Waals surface area contributed by atoms with Gasteiger partial charge in [-0.25, -0.2) is 8.78 Å². The van der Waals surface area contributed by atoms with Gasteiger partial charge in [0.15, 0.2) is 11.5 Å². The Morgan fingerprint density at radius 1 is 1.00 bits per heavy atom. The predicted octanol–water partition coefficient (Wildman–Crippen LogP) is 5.91. The molecule has 0 spiro atoms. The lowest BCUT2D eigenvalue weighted by Gasteiger charge is -2.18. The molecule has 4 rings (SSSR count). The highest BCUT2D eigenvalue weighted by molar-refractivity contribution is 5.88. The van der Waals surface area contributed by atoms with Crippen LogP contribution in [0.5, 0.6) is 11.5 Å². The van der Waals surface area contributed by atoms with E-state index in [0.717, 1.165) is 40.1 Å². The van der Waals surface area contributed by atoms with E-state index >= 15 is 0 Å². The third kappa shape index (κ3) is 5.35. The van der Waals surface area contributed by atoms with Gasteiger partial charge >= 0.3 is 0 Å². The summed E-state index contributed by atoms with van der Waals surface area (Å²) in [6.07, 6.45) is 3.28. The second kappa shape index (κ2) is 11.2. The number of para-hydroxylation sites is 1. The number of aromatic amines is 1. The summed E-state index contributed by atoms with van der Waals surface area (Å²) in [6.45, 7) is 2.47. The van der Waals surface area contributed by atoms with Gasteiger partial charge < -0.3 is 19.8 Å². The van der Waals surface area contributed by atoms with Crippen LogP contribution in [0.15, 0.2) is 60.8 Å². The van der Waals surface area contributed by atoms with Gasteiger partial charge in [0.2, 0.25) is 5.91 Å². The number of fused-ring (bicyclic) bond motifs is 1. The molecule has 3 aromatic carbocycles. The second-order valence-corrected chi connectivity index (χ2v) is 8.65.